The van der Waals surface area contributed by atoms with Crippen LogP contribution in [0.15, 0.2) is 56.9 Å². The minimum Gasteiger partial charge on any atom is -0.354 e. The average Bonchev–Trinajstić information content (AvgIpc) is 2.66. The second kappa shape index (κ2) is 6.01. The highest BCUT2D eigenvalue weighted by Crippen LogP contribution is 2.24. The minimum absolute atomic E-state index is 0.147. The van der Waals surface area contributed by atoms with E-state index in [-0.39, 0.29) is 26.7 Å². The van der Waals surface area contributed by atoms with E-state index in [1.54, 1.807) is 12.1 Å². The normalized spacial score (nSPS) is 12.4. The van der Waals surface area contributed by atoms with E-state index in [9.17, 15) is 22.6 Å². The molecule has 5 aromatic rings. The van der Waals surface area contributed by atoms with Crippen molar-refractivity contribution >= 4 is 53.7 Å². The van der Waals surface area contributed by atoms with Gasteiger partial charge in [-0.2, -0.15) is 8.42 Å². The van der Waals surface area contributed by atoms with Crippen LogP contribution in [0.5, 0.6) is 0 Å². The van der Waals surface area contributed by atoms with Gasteiger partial charge in [-0.15, -0.1) is 0 Å². The van der Waals surface area contributed by atoms with E-state index in [0.717, 1.165) is 11.1 Å². The molecular formula is C22H16N2O5S. The molecule has 0 amide bonds. The summed E-state index contributed by atoms with van der Waals surface area (Å²) in [7, 11) is -4.41. The van der Waals surface area contributed by atoms with Gasteiger partial charge in [-0.1, -0.05) is 6.07 Å². The Morgan fingerprint density at radius 3 is 2.00 bits per heavy atom. The van der Waals surface area contributed by atoms with Crippen LogP contribution >= 0.6 is 0 Å². The predicted octanol–water partition coefficient (Wildman–Crippen LogP) is 3.54. The number of aromatic nitrogens is 2. The van der Waals surface area contributed by atoms with E-state index < -0.39 is 10.1 Å². The zero-order chi connectivity index (χ0) is 21.4. The lowest BCUT2D eigenvalue weighted by atomic mass is 10.0. The molecule has 2 heterocycles. The number of aromatic amines is 2. The molecule has 0 spiro atoms. The molecule has 5 rings (SSSR count). The Bertz CT molecular complexity index is 1780. The fourth-order valence-electron chi connectivity index (χ4n) is 4.10. The summed E-state index contributed by atoms with van der Waals surface area (Å²) in [6.07, 6.45) is 0. The molecule has 7 nitrogen and oxygen atoms in total. The van der Waals surface area contributed by atoms with Crippen molar-refractivity contribution in [3.8, 4) is 0 Å². The summed E-state index contributed by atoms with van der Waals surface area (Å²) in [5.74, 6) is 0. The first kappa shape index (κ1) is 18.5. The molecule has 0 aliphatic carbocycles. The van der Waals surface area contributed by atoms with Gasteiger partial charge in [0.1, 0.15) is 0 Å². The SMILES string of the molecule is Cc1cc(C)c2c(=O)c3cc4[nH]c5cc(S(=O)(=O)O)ccc5c(=O)c4cc3[nH]c2c1. The summed E-state index contributed by atoms with van der Waals surface area (Å²) in [5.41, 5.74) is 3.35. The molecule has 0 bridgehead atoms. The molecule has 3 N–H and O–H groups in total. The maximum Gasteiger partial charge on any atom is 0.294 e. The Labute approximate surface area is 169 Å². The van der Waals surface area contributed by atoms with Crippen molar-refractivity contribution in [1.82, 2.24) is 9.97 Å². The van der Waals surface area contributed by atoms with Crippen LogP contribution in [0.3, 0.4) is 0 Å². The van der Waals surface area contributed by atoms with Crippen molar-refractivity contribution in [3.05, 3.63) is 74.0 Å². The van der Waals surface area contributed by atoms with Gasteiger partial charge in [0, 0.05) is 21.5 Å². The lowest BCUT2D eigenvalue weighted by molar-refractivity contribution is 0.483. The van der Waals surface area contributed by atoms with Crippen LogP contribution in [0.1, 0.15) is 11.1 Å². The van der Waals surface area contributed by atoms with Gasteiger partial charge in [0.2, 0.25) is 0 Å². The molecule has 3 aromatic carbocycles. The Kier molecular flexibility index (Phi) is 3.71. The largest absolute Gasteiger partial charge is 0.354 e. The van der Waals surface area contributed by atoms with E-state index in [2.05, 4.69) is 9.97 Å². The molecule has 0 radical (unpaired) electrons. The summed E-state index contributed by atoms with van der Waals surface area (Å²) in [6.45, 7) is 3.83. The number of rotatable bonds is 1. The number of H-pyrrole nitrogens is 2. The van der Waals surface area contributed by atoms with Gasteiger partial charge < -0.3 is 9.97 Å². The summed E-state index contributed by atoms with van der Waals surface area (Å²) >= 11 is 0. The van der Waals surface area contributed by atoms with Crippen LogP contribution in [-0.4, -0.2) is 22.9 Å². The summed E-state index contributed by atoms with van der Waals surface area (Å²) in [6, 6.07) is 10.8. The number of pyridine rings is 2. The molecule has 0 fully saturated rings. The standard InChI is InChI=1S/C22H16N2O5S/c1-10-5-11(2)20-19(6-10)24-18-8-14-17(9-15(18)22(20)26)23-16-7-12(30(27,28)29)3-4-13(16)21(14)25/h3-9H,1-2H3,(H,23,25)(H,24,26)(H,27,28,29). The number of hydrogen-bond acceptors (Lipinski definition) is 4. The Hall–Kier alpha value is -3.49. The fraction of sp³-hybridized carbons (Fsp3) is 0.0909. The number of benzene rings is 3. The van der Waals surface area contributed by atoms with E-state index in [1.165, 1.54) is 18.2 Å². The van der Waals surface area contributed by atoms with Crippen LogP contribution in [-0.2, 0) is 10.1 Å². The second-order valence-electron chi connectivity index (χ2n) is 7.54. The van der Waals surface area contributed by atoms with Gasteiger partial charge >= 0.3 is 0 Å². The van der Waals surface area contributed by atoms with Crippen LogP contribution in [0, 0.1) is 13.8 Å². The first-order valence-electron chi connectivity index (χ1n) is 9.18. The predicted molar refractivity (Wildman–Crippen MR) is 117 cm³/mol. The Morgan fingerprint density at radius 2 is 1.33 bits per heavy atom. The minimum atomic E-state index is -4.41. The van der Waals surface area contributed by atoms with E-state index in [1.807, 2.05) is 26.0 Å². The van der Waals surface area contributed by atoms with E-state index in [0.29, 0.717) is 32.7 Å². The number of hydrogen-bond donors (Lipinski definition) is 3. The molecule has 0 aliphatic heterocycles. The quantitative estimate of drug-likeness (QED) is 0.283. The fourth-order valence-corrected chi connectivity index (χ4v) is 4.61. The highest BCUT2D eigenvalue weighted by atomic mass is 32.2. The smallest absolute Gasteiger partial charge is 0.294 e. The van der Waals surface area contributed by atoms with Crippen LogP contribution < -0.4 is 10.9 Å². The van der Waals surface area contributed by atoms with Crippen molar-refractivity contribution in [2.24, 2.45) is 0 Å². The van der Waals surface area contributed by atoms with Gasteiger partial charge in [0.15, 0.2) is 10.9 Å². The Morgan fingerprint density at radius 1 is 0.733 bits per heavy atom. The van der Waals surface area contributed by atoms with Gasteiger partial charge in [-0.25, -0.2) is 0 Å². The number of aryl methyl sites for hydroxylation is 2. The second-order valence-corrected chi connectivity index (χ2v) is 8.96. The monoisotopic (exact) mass is 420 g/mol. The summed E-state index contributed by atoms with van der Waals surface area (Å²) < 4.78 is 32.2. The topological polar surface area (TPSA) is 120 Å². The van der Waals surface area contributed by atoms with E-state index >= 15 is 0 Å². The highest BCUT2D eigenvalue weighted by molar-refractivity contribution is 7.85. The van der Waals surface area contributed by atoms with E-state index in [4.69, 9.17) is 0 Å². The van der Waals surface area contributed by atoms with Crippen LogP contribution in [0.25, 0.3) is 43.6 Å². The molecule has 30 heavy (non-hydrogen) atoms. The molecule has 0 unspecified atom stereocenters. The first-order valence-corrected chi connectivity index (χ1v) is 10.6. The average molecular weight is 420 g/mol. The highest BCUT2D eigenvalue weighted by Gasteiger charge is 2.15. The number of nitrogens with one attached hydrogen (secondary N) is 2. The molecule has 0 atom stereocenters. The zero-order valence-corrected chi connectivity index (χ0v) is 16.8. The molecule has 0 saturated heterocycles. The molecule has 0 saturated carbocycles. The number of fused-ring (bicyclic) bond motifs is 4. The summed E-state index contributed by atoms with van der Waals surface area (Å²) in [4.78, 5) is 32.2. The van der Waals surface area contributed by atoms with Gasteiger partial charge in [0.05, 0.1) is 27.0 Å². The lowest BCUT2D eigenvalue weighted by Crippen LogP contribution is -2.09. The summed E-state index contributed by atoms with van der Waals surface area (Å²) in [5, 5.41) is 1.66. The van der Waals surface area contributed by atoms with Crippen molar-refractivity contribution in [2.75, 3.05) is 0 Å². The maximum absolute atomic E-state index is 13.2. The molecule has 8 heteroatoms. The third-order valence-electron chi connectivity index (χ3n) is 5.43. The van der Waals surface area contributed by atoms with Gasteiger partial charge in [-0.05, 0) is 61.4 Å². The lowest BCUT2D eigenvalue weighted by Gasteiger charge is -2.09. The van der Waals surface area contributed by atoms with Crippen molar-refractivity contribution in [3.63, 3.8) is 0 Å². The Balaban J connectivity index is 1.95. The van der Waals surface area contributed by atoms with Crippen LogP contribution in [0.2, 0.25) is 0 Å². The molecule has 0 aliphatic rings. The molecular weight excluding hydrogens is 404 g/mol. The first-order chi connectivity index (χ1) is 14.1. The third kappa shape index (κ3) is 2.65. The maximum atomic E-state index is 13.2. The van der Waals surface area contributed by atoms with Crippen LogP contribution in [0.4, 0.5) is 0 Å². The van der Waals surface area contributed by atoms with Gasteiger partial charge in [-0.3, -0.25) is 14.1 Å². The molecule has 2 aromatic heterocycles. The van der Waals surface area contributed by atoms with Crippen molar-refractivity contribution in [1.29, 1.82) is 0 Å². The van der Waals surface area contributed by atoms with Gasteiger partial charge in [0.25, 0.3) is 10.1 Å². The zero-order valence-electron chi connectivity index (χ0n) is 16.0. The molecule has 150 valence electrons. The van der Waals surface area contributed by atoms with Crippen molar-refractivity contribution in [2.45, 2.75) is 18.7 Å². The third-order valence-corrected chi connectivity index (χ3v) is 6.28. The van der Waals surface area contributed by atoms with Crippen molar-refractivity contribution < 1.29 is 13.0 Å².